The second-order valence-electron chi connectivity index (χ2n) is 9.07. The lowest BCUT2D eigenvalue weighted by molar-refractivity contribution is -0.0867. The molecule has 1 aliphatic rings. The van der Waals surface area contributed by atoms with Crippen molar-refractivity contribution in [1.29, 1.82) is 5.26 Å². The van der Waals surface area contributed by atoms with Crippen molar-refractivity contribution in [2.24, 2.45) is 0 Å². The Labute approximate surface area is 219 Å². The van der Waals surface area contributed by atoms with Gasteiger partial charge in [0, 0.05) is 33.8 Å². The van der Waals surface area contributed by atoms with Gasteiger partial charge in [-0.3, -0.25) is 0 Å². The van der Waals surface area contributed by atoms with E-state index in [1.54, 1.807) is 18.2 Å². The number of fused-ring (bicyclic) bond motifs is 1. The summed E-state index contributed by atoms with van der Waals surface area (Å²) in [5, 5.41) is 9.35. The molecule has 188 valence electrons. The van der Waals surface area contributed by atoms with E-state index in [1.165, 1.54) is 18.2 Å². The zero-order valence-electron chi connectivity index (χ0n) is 20.8. The number of rotatable bonds is 4. The van der Waals surface area contributed by atoms with Crippen LogP contribution in [0.3, 0.4) is 0 Å². The molecule has 4 aromatic carbocycles. The molecule has 1 heterocycles. The maximum atomic E-state index is 13.7. The zero-order valence-corrected chi connectivity index (χ0v) is 20.8. The molecule has 6 heteroatoms. The van der Waals surface area contributed by atoms with Crippen LogP contribution in [0.2, 0.25) is 0 Å². The molecule has 5 rings (SSSR count). The summed E-state index contributed by atoms with van der Waals surface area (Å²) < 4.78 is 47.1. The van der Waals surface area contributed by atoms with Gasteiger partial charge in [-0.15, -0.1) is 0 Å². The minimum atomic E-state index is -4.79. The molecular formula is C32H23F3N2O. The van der Waals surface area contributed by atoms with E-state index in [1.807, 2.05) is 74.5 Å². The molecule has 0 saturated carbocycles. The number of nitriles is 1. The van der Waals surface area contributed by atoms with Crippen molar-refractivity contribution < 1.29 is 17.9 Å². The van der Waals surface area contributed by atoms with Crippen LogP contribution in [0.15, 0.2) is 109 Å². The number of hydrogen-bond donors (Lipinski definition) is 0. The lowest BCUT2D eigenvalue weighted by atomic mass is 9.95. The van der Waals surface area contributed by atoms with E-state index < -0.39 is 11.7 Å². The topological polar surface area (TPSA) is 36.3 Å². The average Bonchev–Trinajstić information content (AvgIpc) is 2.89. The van der Waals surface area contributed by atoms with Gasteiger partial charge in [-0.05, 0) is 85.6 Å². The minimum Gasteiger partial charge on any atom is -0.456 e. The maximum Gasteiger partial charge on any atom is 0.426 e. The summed E-state index contributed by atoms with van der Waals surface area (Å²) in [7, 11) is 0. The van der Waals surface area contributed by atoms with Crippen molar-refractivity contribution in [3.8, 4) is 11.8 Å². The van der Waals surface area contributed by atoms with E-state index in [0.29, 0.717) is 5.56 Å². The summed E-state index contributed by atoms with van der Waals surface area (Å²) in [6.45, 7) is 4.07. The van der Waals surface area contributed by atoms with Crippen LogP contribution in [0.25, 0.3) is 11.3 Å². The second kappa shape index (κ2) is 9.95. The van der Waals surface area contributed by atoms with Crippen LogP contribution in [0.1, 0.15) is 22.3 Å². The summed E-state index contributed by atoms with van der Waals surface area (Å²) in [4.78, 5) is 2.12. The summed E-state index contributed by atoms with van der Waals surface area (Å²) in [5.74, 6) is 0.502. The molecule has 0 amide bonds. The first-order valence-corrected chi connectivity index (χ1v) is 12.0. The maximum absolute atomic E-state index is 13.7. The average molecular weight is 509 g/mol. The van der Waals surface area contributed by atoms with Gasteiger partial charge in [0.2, 0.25) is 0 Å². The van der Waals surface area contributed by atoms with E-state index in [4.69, 9.17) is 4.74 Å². The zero-order chi connectivity index (χ0) is 26.9. The molecule has 0 N–H and O–H groups in total. The second-order valence-corrected chi connectivity index (χ2v) is 9.07. The minimum absolute atomic E-state index is 0.206. The molecule has 0 saturated heterocycles. The Morgan fingerprint density at radius 3 is 1.92 bits per heavy atom. The highest BCUT2D eigenvalue weighted by molar-refractivity contribution is 5.91. The van der Waals surface area contributed by atoms with Gasteiger partial charge in [0.25, 0.3) is 0 Å². The predicted molar refractivity (Wildman–Crippen MR) is 144 cm³/mol. The van der Waals surface area contributed by atoms with Gasteiger partial charge < -0.3 is 9.64 Å². The molecule has 0 atom stereocenters. The third kappa shape index (κ3) is 4.91. The van der Waals surface area contributed by atoms with Gasteiger partial charge in [0.05, 0.1) is 0 Å². The quantitative estimate of drug-likeness (QED) is 0.258. The third-order valence-electron chi connectivity index (χ3n) is 6.27. The first-order valence-electron chi connectivity index (χ1n) is 12.0. The van der Waals surface area contributed by atoms with E-state index in [0.717, 1.165) is 28.2 Å². The van der Waals surface area contributed by atoms with E-state index in [9.17, 15) is 18.4 Å². The van der Waals surface area contributed by atoms with Crippen LogP contribution in [-0.4, -0.2) is 6.18 Å². The SMILES string of the molecule is Cc1cccc(N(c2ccc(C3=C/C(=C(/C#N)C(F)(F)F)c4ccccc4O3)cc2)c2cccc(C)c2)c1. The van der Waals surface area contributed by atoms with Crippen molar-refractivity contribution in [2.75, 3.05) is 4.90 Å². The van der Waals surface area contributed by atoms with E-state index in [-0.39, 0.29) is 22.6 Å². The predicted octanol–water partition coefficient (Wildman–Crippen LogP) is 9.05. The number of aryl methyl sites for hydroxylation is 2. The van der Waals surface area contributed by atoms with Gasteiger partial charge in [-0.1, -0.05) is 42.5 Å². The standard InChI is InChI=1S/C32H23F3N2O/c1-21-7-5-9-25(17-21)37(26-10-6-8-22(2)18-26)24-15-13-23(14-16-24)31-19-28(29(20-36)32(33,34)35)27-11-3-4-12-30(27)38-31/h3-19H,1-2H3/b29-28+. The number of halogens is 3. The molecular weight excluding hydrogens is 485 g/mol. The fraction of sp³-hybridized carbons (Fsp3) is 0.0938. The van der Waals surface area contributed by atoms with Gasteiger partial charge in [-0.2, -0.15) is 18.4 Å². The molecule has 0 spiro atoms. The van der Waals surface area contributed by atoms with Crippen LogP contribution >= 0.6 is 0 Å². The number of hydrogen-bond acceptors (Lipinski definition) is 3. The van der Waals surface area contributed by atoms with Gasteiger partial charge in [0.1, 0.15) is 23.2 Å². The number of ether oxygens (including phenoxy) is 1. The molecule has 3 nitrogen and oxygen atoms in total. The molecule has 0 fully saturated rings. The molecule has 38 heavy (non-hydrogen) atoms. The van der Waals surface area contributed by atoms with Crippen molar-refractivity contribution in [3.63, 3.8) is 0 Å². The van der Waals surface area contributed by atoms with E-state index >= 15 is 0 Å². The van der Waals surface area contributed by atoms with Gasteiger partial charge in [0.15, 0.2) is 0 Å². The molecule has 1 aliphatic heterocycles. The molecule has 0 unspecified atom stereocenters. The van der Waals surface area contributed by atoms with E-state index in [2.05, 4.69) is 17.0 Å². The summed E-state index contributed by atoms with van der Waals surface area (Å²) in [6, 6.07) is 31.5. The first-order chi connectivity index (χ1) is 18.2. The van der Waals surface area contributed by atoms with Crippen LogP contribution in [0.5, 0.6) is 5.75 Å². The highest BCUT2D eigenvalue weighted by Crippen LogP contribution is 2.42. The highest BCUT2D eigenvalue weighted by atomic mass is 19.4. The largest absolute Gasteiger partial charge is 0.456 e. The summed E-state index contributed by atoms with van der Waals surface area (Å²) in [6.07, 6.45) is -3.50. The summed E-state index contributed by atoms with van der Waals surface area (Å²) in [5.41, 5.74) is 4.45. The Hall–Kier alpha value is -4.76. The van der Waals surface area contributed by atoms with Crippen molar-refractivity contribution in [3.05, 3.63) is 131 Å². The van der Waals surface area contributed by atoms with Crippen LogP contribution in [-0.2, 0) is 0 Å². The molecule has 0 bridgehead atoms. The number of anilines is 3. The fourth-order valence-corrected chi connectivity index (χ4v) is 4.52. The first kappa shape index (κ1) is 24.9. The smallest absolute Gasteiger partial charge is 0.426 e. The normalized spacial score (nSPS) is 14.1. The van der Waals surface area contributed by atoms with Crippen molar-refractivity contribution in [1.82, 2.24) is 0 Å². The van der Waals surface area contributed by atoms with Gasteiger partial charge >= 0.3 is 6.18 Å². The van der Waals surface area contributed by atoms with Crippen LogP contribution in [0, 0.1) is 25.2 Å². The Bertz CT molecular complexity index is 1560. The fourth-order valence-electron chi connectivity index (χ4n) is 4.52. The Balaban J connectivity index is 1.59. The number of para-hydroxylation sites is 1. The Morgan fingerprint density at radius 2 is 1.37 bits per heavy atom. The third-order valence-corrected chi connectivity index (χ3v) is 6.27. The number of allylic oxidation sites excluding steroid dienone is 3. The van der Waals surface area contributed by atoms with Crippen LogP contribution in [0.4, 0.5) is 30.2 Å². The molecule has 0 radical (unpaired) electrons. The van der Waals surface area contributed by atoms with Gasteiger partial charge in [-0.25, -0.2) is 0 Å². The van der Waals surface area contributed by atoms with Crippen molar-refractivity contribution in [2.45, 2.75) is 20.0 Å². The highest BCUT2D eigenvalue weighted by Gasteiger charge is 2.38. The Morgan fingerprint density at radius 1 is 0.763 bits per heavy atom. The number of nitrogens with zero attached hydrogens (tertiary/aromatic N) is 2. The molecule has 0 aromatic heterocycles. The van der Waals surface area contributed by atoms with Crippen LogP contribution < -0.4 is 9.64 Å². The Kier molecular flexibility index (Phi) is 6.52. The lowest BCUT2D eigenvalue weighted by Crippen LogP contribution is -2.14. The molecule has 4 aromatic rings. The number of alkyl halides is 3. The summed E-state index contributed by atoms with van der Waals surface area (Å²) >= 11 is 0. The van der Waals surface area contributed by atoms with Crippen molar-refractivity contribution >= 4 is 28.4 Å². The number of benzene rings is 4. The monoisotopic (exact) mass is 508 g/mol. The lowest BCUT2D eigenvalue weighted by Gasteiger charge is -2.27. The molecule has 0 aliphatic carbocycles.